The summed E-state index contributed by atoms with van der Waals surface area (Å²) >= 11 is 6.03. The molecule has 6 nitrogen and oxygen atoms in total. The number of aromatic nitrogens is 2. The van der Waals surface area contributed by atoms with E-state index in [1.807, 2.05) is 6.07 Å². The molecule has 0 radical (unpaired) electrons. The molecule has 0 aliphatic carbocycles. The van der Waals surface area contributed by atoms with Crippen LogP contribution in [0.3, 0.4) is 0 Å². The van der Waals surface area contributed by atoms with Crippen LogP contribution in [0, 0.1) is 0 Å². The maximum atomic E-state index is 12.7. The Balaban J connectivity index is 1.54. The van der Waals surface area contributed by atoms with Crippen LogP contribution in [-0.4, -0.2) is 29.5 Å². The maximum Gasteiger partial charge on any atom is 0.274 e. The zero-order valence-electron chi connectivity index (χ0n) is 15.4. The number of carbonyl (C=O) groups excluding carboxylic acids is 1. The molecular weight excluding hydrogens is 376 g/mol. The normalized spacial score (nSPS) is 13.0. The predicted molar refractivity (Wildman–Crippen MR) is 109 cm³/mol. The first-order chi connectivity index (χ1) is 13.6. The molecule has 3 aromatic rings. The van der Waals surface area contributed by atoms with Crippen LogP contribution >= 0.6 is 11.6 Å². The Morgan fingerprint density at radius 3 is 2.79 bits per heavy atom. The molecule has 7 heteroatoms. The van der Waals surface area contributed by atoms with Crippen molar-refractivity contribution in [2.45, 2.75) is 13.0 Å². The van der Waals surface area contributed by atoms with Gasteiger partial charge in [0.2, 0.25) is 0 Å². The van der Waals surface area contributed by atoms with Crippen molar-refractivity contribution in [2.24, 2.45) is 0 Å². The number of rotatable bonds is 4. The third kappa shape index (κ3) is 3.77. The first kappa shape index (κ1) is 18.3. The molecule has 1 aromatic heterocycles. The lowest BCUT2D eigenvalue weighted by Crippen LogP contribution is -2.31. The molecule has 2 heterocycles. The van der Waals surface area contributed by atoms with E-state index in [0.717, 1.165) is 25.3 Å². The third-order valence-electron chi connectivity index (χ3n) is 4.75. The number of fused-ring (bicyclic) bond motifs is 1. The quantitative estimate of drug-likeness (QED) is 0.725. The number of amides is 1. The van der Waals surface area contributed by atoms with Gasteiger partial charge in [-0.2, -0.15) is 0 Å². The summed E-state index contributed by atoms with van der Waals surface area (Å²) in [5.41, 5.74) is 3.42. The van der Waals surface area contributed by atoms with Gasteiger partial charge < -0.3 is 15.0 Å². The van der Waals surface area contributed by atoms with Crippen LogP contribution in [0.15, 0.2) is 54.9 Å². The Morgan fingerprint density at radius 1 is 1.14 bits per heavy atom. The number of nitrogens with zero attached hydrogens (tertiary/aromatic N) is 3. The van der Waals surface area contributed by atoms with Gasteiger partial charge in [-0.3, -0.25) is 4.79 Å². The fraction of sp³-hybridized carbons (Fsp3) is 0.190. The predicted octanol–water partition coefficient (Wildman–Crippen LogP) is 3.95. The number of hydrogen-bond acceptors (Lipinski definition) is 5. The number of nitrogens with one attached hydrogen (secondary N) is 1. The van der Waals surface area contributed by atoms with Gasteiger partial charge >= 0.3 is 0 Å². The van der Waals surface area contributed by atoms with Crippen molar-refractivity contribution in [1.29, 1.82) is 0 Å². The van der Waals surface area contributed by atoms with Crippen molar-refractivity contribution in [1.82, 2.24) is 9.97 Å². The average Bonchev–Trinajstić information content (AvgIpc) is 2.73. The summed E-state index contributed by atoms with van der Waals surface area (Å²) in [4.78, 5) is 23.4. The van der Waals surface area contributed by atoms with E-state index in [4.69, 9.17) is 16.3 Å². The van der Waals surface area contributed by atoms with Gasteiger partial charge in [-0.15, -0.1) is 0 Å². The summed E-state index contributed by atoms with van der Waals surface area (Å²) in [7, 11) is 1.54. The molecule has 0 fully saturated rings. The van der Waals surface area contributed by atoms with Crippen LogP contribution in [0.2, 0.25) is 5.02 Å². The fourth-order valence-corrected chi connectivity index (χ4v) is 3.47. The number of benzene rings is 2. The Morgan fingerprint density at radius 2 is 1.96 bits per heavy atom. The first-order valence-corrected chi connectivity index (χ1v) is 9.30. The molecule has 0 unspecified atom stereocenters. The molecular formula is C21H19ClN4O2. The Hall–Kier alpha value is -3.12. The highest BCUT2D eigenvalue weighted by Crippen LogP contribution is 2.28. The van der Waals surface area contributed by atoms with Crippen LogP contribution in [0.5, 0.6) is 5.75 Å². The molecule has 4 rings (SSSR count). The standard InChI is InChI=1S/C21H19ClN4O2/c1-28-19-7-6-16(22)10-17(19)25-21(27)18-11-20(24-13-23-18)26-9-8-14-4-2-3-5-15(14)12-26/h2-7,10-11,13H,8-9,12H2,1H3,(H,25,27). The maximum absolute atomic E-state index is 12.7. The van der Waals surface area contributed by atoms with Crippen molar-refractivity contribution < 1.29 is 9.53 Å². The van der Waals surface area contributed by atoms with Crippen molar-refractivity contribution in [3.8, 4) is 5.75 Å². The number of hydrogen-bond donors (Lipinski definition) is 1. The lowest BCUT2D eigenvalue weighted by molar-refractivity contribution is 0.102. The van der Waals surface area contributed by atoms with Crippen LogP contribution in [0.1, 0.15) is 21.6 Å². The Bertz CT molecular complexity index is 1020. The summed E-state index contributed by atoms with van der Waals surface area (Å²) in [6.07, 6.45) is 2.36. The minimum atomic E-state index is -0.346. The Kier molecular flexibility index (Phi) is 5.12. The van der Waals surface area contributed by atoms with Crippen LogP contribution in [0.4, 0.5) is 11.5 Å². The average molecular weight is 395 g/mol. The number of anilines is 2. The van der Waals surface area contributed by atoms with Crippen LogP contribution in [0.25, 0.3) is 0 Å². The van der Waals surface area contributed by atoms with E-state index in [0.29, 0.717) is 16.5 Å². The number of methoxy groups -OCH3 is 1. The van der Waals surface area contributed by atoms with Crippen LogP contribution in [-0.2, 0) is 13.0 Å². The second-order valence-electron chi connectivity index (χ2n) is 6.50. The lowest BCUT2D eigenvalue weighted by Gasteiger charge is -2.29. The van der Waals surface area contributed by atoms with E-state index in [2.05, 4.69) is 38.4 Å². The molecule has 0 saturated heterocycles. The zero-order valence-corrected chi connectivity index (χ0v) is 16.1. The smallest absolute Gasteiger partial charge is 0.274 e. The second-order valence-corrected chi connectivity index (χ2v) is 6.94. The van der Waals surface area contributed by atoms with Crippen molar-refractivity contribution in [3.05, 3.63) is 76.7 Å². The lowest BCUT2D eigenvalue weighted by atomic mass is 10.00. The van der Waals surface area contributed by atoms with E-state index < -0.39 is 0 Å². The number of carbonyl (C=O) groups is 1. The first-order valence-electron chi connectivity index (χ1n) is 8.92. The highest BCUT2D eigenvalue weighted by Gasteiger charge is 2.19. The largest absolute Gasteiger partial charge is 0.495 e. The van der Waals surface area contributed by atoms with E-state index in [9.17, 15) is 4.79 Å². The highest BCUT2D eigenvalue weighted by molar-refractivity contribution is 6.31. The minimum absolute atomic E-state index is 0.283. The van der Waals surface area contributed by atoms with Crippen molar-refractivity contribution >= 4 is 29.0 Å². The van der Waals surface area contributed by atoms with Gasteiger partial charge in [-0.1, -0.05) is 35.9 Å². The van der Waals surface area contributed by atoms with Gasteiger partial charge in [0.15, 0.2) is 0 Å². The molecule has 0 bridgehead atoms. The molecule has 0 saturated carbocycles. The SMILES string of the molecule is COc1ccc(Cl)cc1NC(=O)c1cc(N2CCc3ccccc3C2)ncn1. The van der Waals surface area contributed by atoms with E-state index >= 15 is 0 Å². The van der Waals surface area contributed by atoms with Crippen molar-refractivity contribution in [2.75, 3.05) is 23.9 Å². The minimum Gasteiger partial charge on any atom is -0.495 e. The molecule has 1 amide bonds. The van der Waals surface area contributed by atoms with Gasteiger partial charge in [0, 0.05) is 24.2 Å². The fourth-order valence-electron chi connectivity index (χ4n) is 3.30. The third-order valence-corrected chi connectivity index (χ3v) is 4.98. The van der Waals surface area contributed by atoms with Crippen LogP contribution < -0.4 is 15.0 Å². The summed E-state index contributed by atoms with van der Waals surface area (Å²) < 4.78 is 5.27. The summed E-state index contributed by atoms with van der Waals surface area (Å²) in [6, 6.07) is 15.1. The molecule has 1 aliphatic rings. The van der Waals surface area contributed by atoms with Crippen molar-refractivity contribution in [3.63, 3.8) is 0 Å². The molecule has 2 aromatic carbocycles. The van der Waals surface area contributed by atoms with Gasteiger partial charge in [0.1, 0.15) is 23.6 Å². The number of halogens is 1. The molecule has 0 spiro atoms. The molecule has 1 N–H and O–H groups in total. The summed E-state index contributed by atoms with van der Waals surface area (Å²) in [5, 5.41) is 3.31. The van der Waals surface area contributed by atoms with E-state index in [1.165, 1.54) is 24.6 Å². The van der Waals surface area contributed by atoms with Gasteiger partial charge in [0.05, 0.1) is 12.8 Å². The monoisotopic (exact) mass is 394 g/mol. The molecule has 142 valence electrons. The molecule has 28 heavy (non-hydrogen) atoms. The topological polar surface area (TPSA) is 67.3 Å². The molecule has 0 atom stereocenters. The summed E-state index contributed by atoms with van der Waals surface area (Å²) in [5.74, 6) is 0.911. The van der Waals surface area contributed by atoms with E-state index in [1.54, 1.807) is 24.3 Å². The van der Waals surface area contributed by atoms with Gasteiger partial charge in [-0.25, -0.2) is 9.97 Å². The molecule has 1 aliphatic heterocycles. The second kappa shape index (κ2) is 7.86. The van der Waals surface area contributed by atoms with Gasteiger partial charge in [0.25, 0.3) is 5.91 Å². The summed E-state index contributed by atoms with van der Waals surface area (Å²) in [6.45, 7) is 1.60. The van der Waals surface area contributed by atoms with E-state index in [-0.39, 0.29) is 11.6 Å². The highest BCUT2D eigenvalue weighted by atomic mass is 35.5. The zero-order chi connectivity index (χ0) is 19.5. The Labute approximate surface area is 168 Å². The number of ether oxygens (including phenoxy) is 1. The van der Waals surface area contributed by atoms with Gasteiger partial charge in [-0.05, 0) is 35.7 Å².